The van der Waals surface area contributed by atoms with Crippen LogP contribution in [-0.2, 0) is 9.59 Å². The van der Waals surface area contributed by atoms with Crippen molar-refractivity contribution in [3.63, 3.8) is 0 Å². The van der Waals surface area contributed by atoms with E-state index in [2.05, 4.69) is 10.6 Å². The predicted octanol–water partition coefficient (Wildman–Crippen LogP) is -0.179. The fraction of sp³-hybridized carbons (Fsp3) is 0.778. The highest BCUT2D eigenvalue weighted by Crippen LogP contribution is 2.03. The second-order valence-corrected chi connectivity index (χ2v) is 3.58. The third kappa shape index (κ3) is 5.53. The molecule has 0 radical (unpaired) electrons. The molecule has 0 aromatic heterocycles. The molecule has 3 N–H and O–H groups in total. The number of amides is 1. The molecule has 0 saturated carbocycles. The van der Waals surface area contributed by atoms with Gasteiger partial charge in [0.05, 0.1) is 6.04 Å². The van der Waals surface area contributed by atoms with Crippen LogP contribution < -0.4 is 10.6 Å². The van der Waals surface area contributed by atoms with Crippen molar-refractivity contribution in [2.45, 2.75) is 26.3 Å². The SMILES string of the molecule is CNC(CC(C)C)C(=O)NCC(=O)O. The highest BCUT2D eigenvalue weighted by Gasteiger charge is 2.17. The zero-order valence-electron chi connectivity index (χ0n) is 8.83. The second kappa shape index (κ2) is 6.37. The van der Waals surface area contributed by atoms with E-state index in [0.717, 1.165) is 0 Å². The number of carbonyl (C=O) groups excluding carboxylic acids is 1. The van der Waals surface area contributed by atoms with Crippen molar-refractivity contribution in [1.29, 1.82) is 0 Å². The van der Waals surface area contributed by atoms with Gasteiger partial charge in [-0.15, -0.1) is 0 Å². The van der Waals surface area contributed by atoms with E-state index in [1.807, 2.05) is 13.8 Å². The lowest BCUT2D eigenvalue weighted by molar-refractivity contribution is -0.138. The summed E-state index contributed by atoms with van der Waals surface area (Å²) in [6.45, 7) is 3.69. The van der Waals surface area contributed by atoms with Gasteiger partial charge in [0, 0.05) is 0 Å². The lowest BCUT2D eigenvalue weighted by atomic mass is 10.0. The molecule has 1 atom stereocenters. The molecule has 1 unspecified atom stereocenters. The highest BCUT2D eigenvalue weighted by molar-refractivity contribution is 5.85. The number of aliphatic carboxylic acids is 1. The maximum atomic E-state index is 11.4. The van der Waals surface area contributed by atoms with Crippen LogP contribution in [0, 0.1) is 5.92 Å². The van der Waals surface area contributed by atoms with Crippen molar-refractivity contribution in [3.8, 4) is 0 Å². The topological polar surface area (TPSA) is 78.4 Å². The van der Waals surface area contributed by atoms with Crippen molar-refractivity contribution < 1.29 is 14.7 Å². The molecular weight excluding hydrogens is 184 g/mol. The Bertz CT molecular complexity index is 204. The van der Waals surface area contributed by atoms with Gasteiger partial charge >= 0.3 is 5.97 Å². The number of carbonyl (C=O) groups is 2. The van der Waals surface area contributed by atoms with Crippen LogP contribution in [0.3, 0.4) is 0 Å². The maximum Gasteiger partial charge on any atom is 0.322 e. The lowest BCUT2D eigenvalue weighted by Gasteiger charge is -2.16. The third-order valence-corrected chi connectivity index (χ3v) is 1.79. The minimum atomic E-state index is -1.03. The van der Waals surface area contributed by atoms with Crippen LogP contribution in [0.2, 0.25) is 0 Å². The first-order chi connectivity index (χ1) is 6.47. The van der Waals surface area contributed by atoms with Crippen LogP contribution in [0.25, 0.3) is 0 Å². The van der Waals surface area contributed by atoms with Gasteiger partial charge in [0.25, 0.3) is 0 Å². The van der Waals surface area contributed by atoms with Crippen molar-refractivity contribution in [2.75, 3.05) is 13.6 Å². The molecule has 0 fully saturated rings. The first-order valence-corrected chi connectivity index (χ1v) is 4.64. The Morgan fingerprint density at radius 3 is 2.29 bits per heavy atom. The normalized spacial score (nSPS) is 12.6. The molecule has 5 nitrogen and oxygen atoms in total. The van der Waals surface area contributed by atoms with Gasteiger partial charge in [-0.3, -0.25) is 9.59 Å². The van der Waals surface area contributed by atoms with Crippen molar-refractivity contribution in [2.24, 2.45) is 5.92 Å². The van der Waals surface area contributed by atoms with Crippen LogP contribution >= 0.6 is 0 Å². The van der Waals surface area contributed by atoms with E-state index < -0.39 is 5.97 Å². The van der Waals surface area contributed by atoms with E-state index in [1.165, 1.54) is 0 Å². The molecule has 0 spiro atoms. The summed E-state index contributed by atoms with van der Waals surface area (Å²) in [5, 5.41) is 13.6. The van der Waals surface area contributed by atoms with Gasteiger partial charge in [0.1, 0.15) is 6.54 Å². The van der Waals surface area contributed by atoms with Crippen molar-refractivity contribution in [1.82, 2.24) is 10.6 Å². The molecule has 0 bridgehead atoms. The number of carboxylic acid groups (broad SMARTS) is 1. The summed E-state index contributed by atoms with van der Waals surface area (Å²) in [4.78, 5) is 21.6. The summed E-state index contributed by atoms with van der Waals surface area (Å²) < 4.78 is 0. The minimum absolute atomic E-state index is 0.261. The minimum Gasteiger partial charge on any atom is -0.480 e. The Morgan fingerprint density at radius 2 is 1.93 bits per heavy atom. The zero-order chi connectivity index (χ0) is 11.1. The Hall–Kier alpha value is -1.10. The molecule has 0 aromatic rings. The molecule has 0 aliphatic heterocycles. The molecule has 5 heteroatoms. The van der Waals surface area contributed by atoms with Gasteiger partial charge in [-0.1, -0.05) is 13.8 Å². The summed E-state index contributed by atoms with van der Waals surface area (Å²) in [6, 6.07) is -0.311. The Labute approximate surface area is 83.9 Å². The van der Waals surface area contributed by atoms with Gasteiger partial charge < -0.3 is 15.7 Å². The third-order valence-electron chi connectivity index (χ3n) is 1.79. The number of carboxylic acids is 1. The number of nitrogens with one attached hydrogen (secondary N) is 2. The Balaban J connectivity index is 3.97. The molecule has 1 amide bonds. The Morgan fingerprint density at radius 1 is 1.36 bits per heavy atom. The van der Waals surface area contributed by atoms with E-state index >= 15 is 0 Å². The molecule has 14 heavy (non-hydrogen) atoms. The number of likely N-dealkylation sites (N-methyl/N-ethyl adjacent to an activating group) is 1. The van der Waals surface area contributed by atoms with Crippen LogP contribution in [0.15, 0.2) is 0 Å². The fourth-order valence-electron chi connectivity index (χ4n) is 1.11. The molecule has 0 rings (SSSR count). The van der Waals surface area contributed by atoms with Crippen LogP contribution in [-0.4, -0.2) is 36.6 Å². The molecule has 0 aliphatic carbocycles. The van der Waals surface area contributed by atoms with E-state index in [1.54, 1.807) is 7.05 Å². The highest BCUT2D eigenvalue weighted by atomic mass is 16.4. The quantitative estimate of drug-likeness (QED) is 0.558. The number of hydrogen-bond acceptors (Lipinski definition) is 3. The molecule has 0 aliphatic rings. The average Bonchev–Trinajstić information content (AvgIpc) is 2.09. The summed E-state index contributed by atoms with van der Waals surface area (Å²) >= 11 is 0. The number of rotatable bonds is 6. The predicted molar refractivity (Wildman–Crippen MR) is 52.9 cm³/mol. The maximum absolute atomic E-state index is 11.4. The average molecular weight is 202 g/mol. The van der Waals surface area contributed by atoms with E-state index in [9.17, 15) is 9.59 Å². The summed E-state index contributed by atoms with van der Waals surface area (Å²) in [5.41, 5.74) is 0. The van der Waals surface area contributed by atoms with E-state index in [0.29, 0.717) is 12.3 Å². The molecule has 0 saturated heterocycles. The van der Waals surface area contributed by atoms with Crippen LogP contribution in [0.5, 0.6) is 0 Å². The largest absolute Gasteiger partial charge is 0.480 e. The van der Waals surface area contributed by atoms with Gasteiger partial charge in [-0.25, -0.2) is 0 Å². The van der Waals surface area contributed by atoms with Crippen LogP contribution in [0.4, 0.5) is 0 Å². The van der Waals surface area contributed by atoms with E-state index in [-0.39, 0.29) is 18.5 Å². The van der Waals surface area contributed by atoms with Crippen molar-refractivity contribution >= 4 is 11.9 Å². The first kappa shape index (κ1) is 12.9. The van der Waals surface area contributed by atoms with Gasteiger partial charge in [-0.05, 0) is 19.4 Å². The summed E-state index contributed by atoms with van der Waals surface area (Å²) in [7, 11) is 1.69. The first-order valence-electron chi connectivity index (χ1n) is 4.64. The van der Waals surface area contributed by atoms with Gasteiger partial charge in [0.2, 0.25) is 5.91 Å². The molecule has 0 aromatic carbocycles. The van der Waals surface area contributed by atoms with E-state index in [4.69, 9.17) is 5.11 Å². The molecule has 0 heterocycles. The fourth-order valence-corrected chi connectivity index (χ4v) is 1.11. The standard InChI is InChI=1S/C9H18N2O3/c1-6(2)4-7(10-3)9(14)11-5-8(12)13/h6-7,10H,4-5H2,1-3H3,(H,11,14)(H,12,13). The molecule has 82 valence electrons. The lowest BCUT2D eigenvalue weighted by Crippen LogP contribution is -2.44. The van der Waals surface area contributed by atoms with Gasteiger partial charge in [-0.2, -0.15) is 0 Å². The van der Waals surface area contributed by atoms with Gasteiger partial charge in [0.15, 0.2) is 0 Å². The number of hydrogen-bond donors (Lipinski definition) is 3. The summed E-state index contributed by atoms with van der Waals surface area (Å²) in [6.07, 6.45) is 0.696. The Kier molecular flexibility index (Phi) is 5.87. The zero-order valence-corrected chi connectivity index (χ0v) is 8.83. The second-order valence-electron chi connectivity index (χ2n) is 3.58. The monoisotopic (exact) mass is 202 g/mol. The summed E-state index contributed by atoms with van der Waals surface area (Å²) in [5.74, 6) is -0.899. The van der Waals surface area contributed by atoms with Crippen LogP contribution in [0.1, 0.15) is 20.3 Å². The molecular formula is C9H18N2O3. The van der Waals surface area contributed by atoms with Crippen molar-refractivity contribution in [3.05, 3.63) is 0 Å². The smallest absolute Gasteiger partial charge is 0.322 e.